The van der Waals surface area contributed by atoms with E-state index in [0.717, 1.165) is 5.56 Å². The highest BCUT2D eigenvalue weighted by Crippen LogP contribution is 2.21. The van der Waals surface area contributed by atoms with Gasteiger partial charge in [-0.05, 0) is 17.7 Å². The normalized spacial score (nSPS) is 13.7. The Morgan fingerprint density at radius 1 is 1.35 bits per heavy atom. The molecule has 0 aliphatic carbocycles. The number of alkyl halides is 3. The van der Waals surface area contributed by atoms with Crippen LogP contribution in [0.15, 0.2) is 24.3 Å². The van der Waals surface area contributed by atoms with E-state index in [-0.39, 0.29) is 19.1 Å². The minimum Gasteiger partial charge on any atom is -0.371 e. The molecule has 0 aliphatic rings. The van der Waals surface area contributed by atoms with Gasteiger partial charge in [0, 0.05) is 17.5 Å². The zero-order valence-corrected chi connectivity index (χ0v) is 9.76. The van der Waals surface area contributed by atoms with Gasteiger partial charge in [0.1, 0.15) is 6.61 Å². The molecule has 0 spiro atoms. The van der Waals surface area contributed by atoms with Crippen LogP contribution in [-0.2, 0) is 4.74 Å². The quantitative estimate of drug-likeness (QED) is 0.890. The van der Waals surface area contributed by atoms with E-state index in [2.05, 4.69) is 4.74 Å². The first-order valence-electron chi connectivity index (χ1n) is 5.02. The third kappa shape index (κ3) is 5.39. The second-order valence-corrected chi connectivity index (χ2v) is 4.05. The summed E-state index contributed by atoms with van der Waals surface area (Å²) in [7, 11) is 0. The Kier molecular flexibility index (Phi) is 5.24. The van der Waals surface area contributed by atoms with Gasteiger partial charge >= 0.3 is 6.18 Å². The fourth-order valence-electron chi connectivity index (χ4n) is 1.38. The summed E-state index contributed by atoms with van der Waals surface area (Å²) < 4.78 is 40.3. The van der Waals surface area contributed by atoms with E-state index in [4.69, 9.17) is 17.3 Å². The molecule has 0 bridgehead atoms. The van der Waals surface area contributed by atoms with Crippen molar-refractivity contribution in [3.8, 4) is 0 Å². The average Bonchev–Trinajstić information content (AvgIpc) is 2.23. The van der Waals surface area contributed by atoms with Crippen LogP contribution in [0.2, 0.25) is 5.02 Å². The molecular weight excluding hydrogens is 255 g/mol. The van der Waals surface area contributed by atoms with Gasteiger partial charge in [0.2, 0.25) is 0 Å². The lowest BCUT2D eigenvalue weighted by molar-refractivity contribution is -0.174. The zero-order chi connectivity index (χ0) is 12.9. The molecule has 0 saturated carbocycles. The SMILES string of the molecule is NCC(COCC(F)(F)F)c1cccc(Cl)c1. The highest BCUT2D eigenvalue weighted by molar-refractivity contribution is 6.30. The predicted octanol–water partition coefficient (Wildman–Crippen LogP) is 2.96. The molecular formula is C11H13ClF3NO. The van der Waals surface area contributed by atoms with Crippen LogP contribution in [0.5, 0.6) is 0 Å². The van der Waals surface area contributed by atoms with Crippen molar-refractivity contribution in [1.82, 2.24) is 0 Å². The van der Waals surface area contributed by atoms with Crippen molar-refractivity contribution in [2.45, 2.75) is 12.1 Å². The van der Waals surface area contributed by atoms with Crippen LogP contribution in [0.25, 0.3) is 0 Å². The van der Waals surface area contributed by atoms with Gasteiger partial charge in [-0.1, -0.05) is 23.7 Å². The fourth-order valence-corrected chi connectivity index (χ4v) is 1.58. The second kappa shape index (κ2) is 6.23. The molecule has 17 heavy (non-hydrogen) atoms. The summed E-state index contributed by atoms with van der Waals surface area (Å²) in [5.41, 5.74) is 6.28. The first kappa shape index (κ1) is 14.3. The Hall–Kier alpha value is -0.780. The van der Waals surface area contributed by atoms with Crippen molar-refractivity contribution in [1.29, 1.82) is 0 Å². The molecule has 0 radical (unpaired) electrons. The summed E-state index contributed by atoms with van der Waals surface area (Å²) >= 11 is 5.79. The lowest BCUT2D eigenvalue weighted by Gasteiger charge is -2.16. The minimum absolute atomic E-state index is 0.0731. The lowest BCUT2D eigenvalue weighted by atomic mass is 10.0. The topological polar surface area (TPSA) is 35.2 Å². The fraction of sp³-hybridized carbons (Fsp3) is 0.455. The second-order valence-electron chi connectivity index (χ2n) is 3.62. The highest BCUT2D eigenvalue weighted by Gasteiger charge is 2.28. The van der Waals surface area contributed by atoms with Gasteiger partial charge in [0.15, 0.2) is 0 Å². The molecule has 6 heteroatoms. The largest absolute Gasteiger partial charge is 0.411 e. The number of nitrogens with two attached hydrogens (primary N) is 1. The van der Waals surface area contributed by atoms with Crippen LogP contribution < -0.4 is 5.73 Å². The van der Waals surface area contributed by atoms with Gasteiger partial charge in [0.25, 0.3) is 0 Å². The van der Waals surface area contributed by atoms with E-state index >= 15 is 0 Å². The van der Waals surface area contributed by atoms with Crippen LogP contribution >= 0.6 is 11.6 Å². The van der Waals surface area contributed by atoms with E-state index in [1.54, 1.807) is 24.3 Å². The molecule has 0 aliphatic heterocycles. The monoisotopic (exact) mass is 267 g/mol. The molecule has 1 aromatic rings. The third-order valence-electron chi connectivity index (χ3n) is 2.19. The molecule has 2 nitrogen and oxygen atoms in total. The van der Waals surface area contributed by atoms with Crippen LogP contribution in [-0.4, -0.2) is 25.9 Å². The van der Waals surface area contributed by atoms with Gasteiger partial charge in [0.05, 0.1) is 6.61 Å². The van der Waals surface area contributed by atoms with Crippen molar-refractivity contribution in [2.75, 3.05) is 19.8 Å². The maximum atomic E-state index is 11.9. The predicted molar refractivity (Wildman–Crippen MR) is 60.1 cm³/mol. The van der Waals surface area contributed by atoms with Crippen molar-refractivity contribution in [3.05, 3.63) is 34.9 Å². The summed E-state index contributed by atoms with van der Waals surface area (Å²) in [4.78, 5) is 0. The molecule has 1 aromatic carbocycles. The van der Waals surface area contributed by atoms with Crippen molar-refractivity contribution in [2.24, 2.45) is 5.73 Å². The van der Waals surface area contributed by atoms with Crippen LogP contribution in [0.4, 0.5) is 13.2 Å². The molecule has 1 unspecified atom stereocenters. The Labute approximate surface area is 103 Å². The number of benzene rings is 1. The van der Waals surface area contributed by atoms with Gasteiger partial charge in [-0.3, -0.25) is 0 Å². The molecule has 2 N–H and O–H groups in total. The standard InChI is InChI=1S/C11H13ClF3NO/c12-10-3-1-2-8(4-10)9(5-16)6-17-7-11(13,14)15/h1-4,9H,5-7,16H2. The highest BCUT2D eigenvalue weighted by atomic mass is 35.5. The molecule has 1 rings (SSSR count). The van der Waals surface area contributed by atoms with Crippen molar-refractivity contribution in [3.63, 3.8) is 0 Å². The van der Waals surface area contributed by atoms with Gasteiger partial charge in [-0.15, -0.1) is 0 Å². The minimum atomic E-state index is -4.31. The first-order valence-corrected chi connectivity index (χ1v) is 5.40. The molecule has 0 saturated heterocycles. The molecule has 0 amide bonds. The van der Waals surface area contributed by atoms with Crippen LogP contribution in [0.3, 0.4) is 0 Å². The Morgan fingerprint density at radius 3 is 2.59 bits per heavy atom. The number of hydrogen-bond acceptors (Lipinski definition) is 2. The van der Waals surface area contributed by atoms with Gasteiger partial charge in [-0.2, -0.15) is 13.2 Å². The molecule has 1 atom stereocenters. The Bertz CT molecular complexity index is 357. The first-order chi connectivity index (χ1) is 7.92. The summed E-state index contributed by atoms with van der Waals surface area (Å²) in [6, 6.07) is 6.86. The van der Waals surface area contributed by atoms with Crippen molar-refractivity contribution < 1.29 is 17.9 Å². The zero-order valence-electron chi connectivity index (χ0n) is 9.01. The Balaban J connectivity index is 2.54. The summed E-state index contributed by atoms with van der Waals surface area (Å²) in [5, 5.41) is 0.525. The van der Waals surface area contributed by atoms with E-state index in [0.29, 0.717) is 5.02 Å². The molecule has 0 fully saturated rings. The van der Waals surface area contributed by atoms with Gasteiger partial charge < -0.3 is 10.5 Å². The lowest BCUT2D eigenvalue weighted by Crippen LogP contribution is -2.23. The van der Waals surface area contributed by atoms with E-state index < -0.39 is 12.8 Å². The summed E-state index contributed by atoms with van der Waals surface area (Å²) in [5.74, 6) is -0.281. The van der Waals surface area contributed by atoms with Gasteiger partial charge in [-0.25, -0.2) is 0 Å². The maximum absolute atomic E-state index is 11.9. The van der Waals surface area contributed by atoms with Crippen molar-refractivity contribution >= 4 is 11.6 Å². The van der Waals surface area contributed by atoms with E-state index in [1.165, 1.54) is 0 Å². The number of rotatable bonds is 5. The molecule has 0 heterocycles. The number of ether oxygens (including phenoxy) is 1. The third-order valence-corrected chi connectivity index (χ3v) is 2.42. The van der Waals surface area contributed by atoms with Crippen LogP contribution in [0.1, 0.15) is 11.5 Å². The smallest absolute Gasteiger partial charge is 0.371 e. The van der Waals surface area contributed by atoms with Crippen LogP contribution in [0, 0.1) is 0 Å². The van der Waals surface area contributed by atoms with E-state index in [9.17, 15) is 13.2 Å². The average molecular weight is 268 g/mol. The van der Waals surface area contributed by atoms with E-state index in [1.807, 2.05) is 0 Å². The number of halogens is 4. The molecule has 96 valence electrons. The summed E-state index contributed by atoms with van der Waals surface area (Å²) in [6.07, 6.45) is -4.31. The molecule has 0 aromatic heterocycles. The number of hydrogen-bond donors (Lipinski definition) is 1. The summed E-state index contributed by atoms with van der Waals surface area (Å²) in [6.45, 7) is -1.13. The maximum Gasteiger partial charge on any atom is 0.411 e. The Morgan fingerprint density at radius 2 is 2.06 bits per heavy atom.